The number of rotatable bonds is 6. The summed E-state index contributed by atoms with van der Waals surface area (Å²) in [6, 6.07) is 14.1. The Morgan fingerprint density at radius 3 is 2.62 bits per heavy atom. The van der Waals surface area contributed by atoms with E-state index in [-0.39, 0.29) is 16.9 Å². The van der Waals surface area contributed by atoms with Gasteiger partial charge in [0.05, 0.1) is 11.4 Å². The molecule has 1 aliphatic heterocycles. The lowest BCUT2D eigenvalue weighted by atomic mass is 10.1. The highest BCUT2D eigenvalue weighted by atomic mass is 32.2. The Bertz CT molecular complexity index is 1120. The van der Waals surface area contributed by atoms with Gasteiger partial charge in [-0.1, -0.05) is 30.3 Å². The lowest BCUT2D eigenvalue weighted by Crippen LogP contribution is -2.27. The molecule has 4 rings (SSSR count). The van der Waals surface area contributed by atoms with E-state index in [1.54, 1.807) is 31.2 Å². The van der Waals surface area contributed by atoms with E-state index in [1.165, 1.54) is 11.0 Å². The Labute approximate surface area is 171 Å². The number of thioether (sulfide) groups is 1. The van der Waals surface area contributed by atoms with Gasteiger partial charge in [0.2, 0.25) is 0 Å². The third kappa shape index (κ3) is 3.78. The Kier molecular flexibility index (Phi) is 5.40. The molecule has 0 radical (unpaired) electrons. The summed E-state index contributed by atoms with van der Waals surface area (Å²) in [4.78, 5) is 26.0. The van der Waals surface area contributed by atoms with Gasteiger partial charge in [0.15, 0.2) is 11.6 Å². The smallest absolute Gasteiger partial charge is 0.293 e. The number of carbonyl (C=O) groups excluding carboxylic acids is 2. The molecule has 2 heterocycles. The number of halogens is 1. The highest BCUT2D eigenvalue weighted by Gasteiger charge is 2.33. The summed E-state index contributed by atoms with van der Waals surface area (Å²) < 4.78 is 21.3. The highest BCUT2D eigenvalue weighted by molar-refractivity contribution is 8.18. The number of likely N-dealkylation sites (N-methyl/N-ethyl adjacent to an activating group) is 1. The summed E-state index contributed by atoms with van der Waals surface area (Å²) in [5.41, 5.74) is 1.83. The quantitative estimate of drug-likeness (QED) is 0.542. The highest BCUT2D eigenvalue weighted by Crippen LogP contribution is 2.34. The zero-order chi connectivity index (χ0) is 20.4. The van der Waals surface area contributed by atoms with E-state index < -0.39 is 5.82 Å². The van der Waals surface area contributed by atoms with E-state index in [2.05, 4.69) is 0 Å². The normalized spacial score (nSPS) is 15.7. The van der Waals surface area contributed by atoms with E-state index in [9.17, 15) is 14.0 Å². The lowest BCUT2D eigenvalue weighted by Gasteiger charge is -2.08. The predicted octanol–water partition coefficient (Wildman–Crippen LogP) is 4.92. The van der Waals surface area contributed by atoms with Crippen molar-refractivity contribution in [2.24, 2.45) is 0 Å². The van der Waals surface area contributed by atoms with Crippen LogP contribution in [0.25, 0.3) is 17.0 Å². The number of aromatic nitrogens is 1. The minimum absolute atomic E-state index is 0.220. The second-order valence-electron chi connectivity index (χ2n) is 6.50. The van der Waals surface area contributed by atoms with Gasteiger partial charge in [0, 0.05) is 29.2 Å². The fourth-order valence-electron chi connectivity index (χ4n) is 3.30. The molecule has 1 aromatic heterocycles. The van der Waals surface area contributed by atoms with Crippen LogP contribution in [0.2, 0.25) is 0 Å². The van der Waals surface area contributed by atoms with E-state index in [0.717, 1.165) is 28.2 Å². The average Bonchev–Trinajstić information content (AvgIpc) is 3.20. The Morgan fingerprint density at radius 2 is 1.86 bits per heavy atom. The molecule has 2 amide bonds. The van der Waals surface area contributed by atoms with Crippen molar-refractivity contribution in [1.29, 1.82) is 0 Å². The first-order valence-electron chi connectivity index (χ1n) is 9.29. The molecule has 0 N–H and O–H groups in total. The largest absolute Gasteiger partial charge is 0.489 e. The minimum atomic E-state index is -0.391. The number of imide groups is 1. The van der Waals surface area contributed by atoms with E-state index in [1.807, 2.05) is 35.0 Å². The van der Waals surface area contributed by atoms with Gasteiger partial charge in [0.25, 0.3) is 11.1 Å². The molecule has 2 aromatic carbocycles. The number of carbonyl (C=O) groups is 2. The zero-order valence-electron chi connectivity index (χ0n) is 15.8. The molecule has 1 saturated heterocycles. The molecule has 1 aliphatic rings. The van der Waals surface area contributed by atoms with Crippen LogP contribution in [0.3, 0.4) is 0 Å². The van der Waals surface area contributed by atoms with Gasteiger partial charge in [-0.3, -0.25) is 14.5 Å². The molecular formula is C22H19FN2O3S. The SMILES string of the molecule is CCN1C(=O)S/C(=C\c2cn(CCOc3ccccc3F)c3ccccc23)C1=O. The van der Waals surface area contributed by atoms with Gasteiger partial charge in [-0.05, 0) is 43.0 Å². The van der Waals surface area contributed by atoms with Crippen LogP contribution in [0, 0.1) is 5.82 Å². The summed E-state index contributed by atoms with van der Waals surface area (Å²) in [5.74, 6) is -0.433. The average molecular weight is 410 g/mol. The molecule has 7 heteroatoms. The Morgan fingerprint density at radius 1 is 1.10 bits per heavy atom. The fraction of sp³-hybridized carbons (Fsp3) is 0.182. The van der Waals surface area contributed by atoms with Gasteiger partial charge in [0.1, 0.15) is 6.61 Å². The van der Waals surface area contributed by atoms with Crippen LogP contribution in [-0.2, 0) is 11.3 Å². The first-order chi connectivity index (χ1) is 14.1. The van der Waals surface area contributed by atoms with Gasteiger partial charge < -0.3 is 9.30 Å². The Balaban J connectivity index is 1.59. The van der Waals surface area contributed by atoms with E-state index in [0.29, 0.717) is 24.6 Å². The standard InChI is InChI=1S/C22H19FN2O3S/c1-2-25-21(26)20(29-22(25)27)13-15-14-24(18-9-5-3-7-16(15)18)11-12-28-19-10-6-4-8-17(19)23/h3-10,13-14H,2,11-12H2,1H3/b20-13-. The number of benzene rings is 2. The number of para-hydroxylation sites is 2. The number of hydrogen-bond acceptors (Lipinski definition) is 4. The number of ether oxygens (including phenoxy) is 1. The van der Waals surface area contributed by atoms with Crippen LogP contribution < -0.4 is 4.74 Å². The summed E-state index contributed by atoms with van der Waals surface area (Å²) in [7, 11) is 0. The number of nitrogens with zero attached hydrogens (tertiary/aromatic N) is 2. The molecule has 0 spiro atoms. The maximum Gasteiger partial charge on any atom is 0.293 e. The third-order valence-electron chi connectivity index (χ3n) is 4.72. The van der Waals surface area contributed by atoms with Gasteiger partial charge >= 0.3 is 0 Å². The van der Waals surface area contributed by atoms with Crippen molar-refractivity contribution in [2.45, 2.75) is 13.5 Å². The second kappa shape index (κ2) is 8.13. The molecule has 148 valence electrons. The van der Waals surface area contributed by atoms with Crippen LogP contribution in [0.5, 0.6) is 5.75 Å². The Hall–Kier alpha value is -3.06. The number of amides is 2. The van der Waals surface area contributed by atoms with Gasteiger partial charge in [-0.25, -0.2) is 4.39 Å². The first kappa shape index (κ1) is 19.3. The van der Waals surface area contributed by atoms with Gasteiger partial charge in [-0.15, -0.1) is 0 Å². The number of hydrogen-bond donors (Lipinski definition) is 0. The molecule has 29 heavy (non-hydrogen) atoms. The summed E-state index contributed by atoms with van der Waals surface area (Å²) in [6.45, 7) is 2.95. The summed E-state index contributed by atoms with van der Waals surface area (Å²) in [6.07, 6.45) is 3.69. The van der Waals surface area contributed by atoms with Crippen LogP contribution in [-0.4, -0.2) is 33.8 Å². The molecule has 0 aliphatic carbocycles. The van der Waals surface area contributed by atoms with Crippen molar-refractivity contribution in [2.75, 3.05) is 13.2 Å². The van der Waals surface area contributed by atoms with Crippen molar-refractivity contribution in [3.8, 4) is 5.75 Å². The van der Waals surface area contributed by atoms with Crippen molar-refractivity contribution in [1.82, 2.24) is 9.47 Å². The van der Waals surface area contributed by atoms with Crippen molar-refractivity contribution in [3.63, 3.8) is 0 Å². The molecule has 0 unspecified atom stereocenters. The second-order valence-corrected chi connectivity index (χ2v) is 7.49. The topological polar surface area (TPSA) is 51.5 Å². The van der Waals surface area contributed by atoms with Crippen molar-refractivity contribution in [3.05, 3.63) is 71.0 Å². The van der Waals surface area contributed by atoms with Gasteiger partial charge in [-0.2, -0.15) is 0 Å². The predicted molar refractivity (Wildman–Crippen MR) is 112 cm³/mol. The first-order valence-corrected chi connectivity index (χ1v) is 10.1. The van der Waals surface area contributed by atoms with Crippen LogP contribution in [0.1, 0.15) is 12.5 Å². The number of fused-ring (bicyclic) bond motifs is 1. The minimum Gasteiger partial charge on any atom is -0.489 e. The van der Waals surface area contributed by atoms with Crippen molar-refractivity contribution < 1.29 is 18.7 Å². The molecular weight excluding hydrogens is 391 g/mol. The molecule has 3 aromatic rings. The molecule has 0 saturated carbocycles. The van der Waals surface area contributed by atoms with E-state index in [4.69, 9.17) is 4.74 Å². The molecule has 1 fully saturated rings. The van der Waals surface area contributed by atoms with Crippen LogP contribution >= 0.6 is 11.8 Å². The molecule has 0 bridgehead atoms. The maximum absolute atomic E-state index is 13.7. The molecule has 0 atom stereocenters. The fourth-order valence-corrected chi connectivity index (χ4v) is 4.20. The van der Waals surface area contributed by atoms with Crippen LogP contribution in [0.15, 0.2) is 59.6 Å². The zero-order valence-corrected chi connectivity index (χ0v) is 16.6. The van der Waals surface area contributed by atoms with Crippen molar-refractivity contribution >= 4 is 39.9 Å². The maximum atomic E-state index is 13.7. The summed E-state index contributed by atoms with van der Waals surface area (Å²) >= 11 is 0.959. The van der Waals surface area contributed by atoms with Crippen LogP contribution in [0.4, 0.5) is 9.18 Å². The molecule has 5 nitrogen and oxygen atoms in total. The monoisotopic (exact) mass is 410 g/mol. The lowest BCUT2D eigenvalue weighted by molar-refractivity contribution is -0.122. The third-order valence-corrected chi connectivity index (χ3v) is 5.63. The summed E-state index contributed by atoms with van der Waals surface area (Å²) in [5, 5.41) is 0.729. The van der Waals surface area contributed by atoms with E-state index >= 15 is 0 Å².